The predicted octanol–water partition coefficient (Wildman–Crippen LogP) is 2.71. The van der Waals surface area contributed by atoms with Crippen molar-refractivity contribution in [3.05, 3.63) is 60.3 Å². The first kappa shape index (κ1) is 10.1. The van der Waals surface area contributed by atoms with Gasteiger partial charge in [0.1, 0.15) is 11.0 Å². The van der Waals surface area contributed by atoms with Crippen LogP contribution in [0.4, 0.5) is 0 Å². The number of aromatic nitrogens is 4. The fourth-order valence-corrected chi connectivity index (χ4v) is 1.77. The molecule has 0 spiro atoms. The normalized spacial score (nSPS) is 10.6. The predicted molar refractivity (Wildman–Crippen MR) is 65.7 cm³/mol. The van der Waals surface area contributed by atoms with Gasteiger partial charge in [-0.2, -0.15) is 4.98 Å². The van der Waals surface area contributed by atoms with Crippen LogP contribution in [-0.4, -0.2) is 19.1 Å². The molecule has 84 valence electrons. The molecule has 0 aromatic carbocycles. The Labute approximate surface area is 103 Å². The van der Waals surface area contributed by atoms with Crippen LogP contribution in [0.1, 0.15) is 0 Å². The standard InChI is InChI=1S/C12H9ClN4/c13-10-9-11(16-5-1-2-6-16)15-12(14-10)17-7-3-4-8-17/h1-9H. The van der Waals surface area contributed by atoms with Gasteiger partial charge in [-0.05, 0) is 24.3 Å². The topological polar surface area (TPSA) is 35.6 Å². The van der Waals surface area contributed by atoms with E-state index in [4.69, 9.17) is 11.6 Å². The Morgan fingerprint density at radius 1 is 0.824 bits per heavy atom. The van der Waals surface area contributed by atoms with Gasteiger partial charge in [-0.15, -0.1) is 0 Å². The van der Waals surface area contributed by atoms with E-state index in [0.717, 1.165) is 5.82 Å². The Bertz CT molecular complexity index is 562. The second kappa shape index (κ2) is 4.07. The van der Waals surface area contributed by atoms with E-state index in [2.05, 4.69) is 9.97 Å². The zero-order valence-electron chi connectivity index (χ0n) is 8.86. The third-order valence-corrected chi connectivity index (χ3v) is 2.57. The fourth-order valence-electron chi connectivity index (χ4n) is 1.60. The molecule has 5 heteroatoms. The highest BCUT2D eigenvalue weighted by Gasteiger charge is 2.05. The molecule has 4 nitrogen and oxygen atoms in total. The van der Waals surface area contributed by atoms with E-state index >= 15 is 0 Å². The molecule has 17 heavy (non-hydrogen) atoms. The van der Waals surface area contributed by atoms with Gasteiger partial charge in [0.25, 0.3) is 0 Å². The Morgan fingerprint density at radius 2 is 1.41 bits per heavy atom. The maximum atomic E-state index is 6.01. The minimum atomic E-state index is 0.424. The fraction of sp³-hybridized carbons (Fsp3) is 0. The number of hydrogen-bond acceptors (Lipinski definition) is 2. The summed E-state index contributed by atoms with van der Waals surface area (Å²) in [5.41, 5.74) is 0. The van der Waals surface area contributed by atoms with Crippen LogP contribution < -0.4 is 0 Å². The molecule has 0 fully saturated rings. The molecule has 0 atom stereocenters. The summed E-state index contributed by atoms with van der Waals surface area (Å²) in [7, 11) is 0. The smallest absolute Gasteiger partial charge is 0.237 e. The quantitative estimate of drug-likeness (QED) is 0.650. The van der Waals surface area contributed by atoms with Crippen molar-refractivity contribution in [3.63, 3.8) is 0 Å². The largest absolute Gasteiger partial charge is 0.308 e. The Morgan fingerprint density at radius 3 is 2.06 bits per heavy atom. The molecule has 0 aliphatic carbocycles. The van der Waals surface area contributed by atoms with Crippen molar-refractivity contribution >= 4 is 11.6 Å². The zero-order chi connectivity index (χ0) is 11.7. The van der Waals surface area contributed by atoms with Gasteiger partial charge in [0.15, 0.2) is 0 Å². The number of hydrogen-bond donors (Lipinski definition) is 0. The highest BCUT2D eigenvalue weighted by atomic mass is 35.5. The maximum Gasteiger partial charge on any atom is 0.237 e. The average molecular weight is 245 g/mol. The van der Waals surface area contributed by atoms with Gasteiger partial charge in [-0.25, -0.2) is 4.98 Å². The lowest BCUT2D eigenvalue weighted by atomic mass is 10.5. The summed E-state index contributed by atoms with van der Waals surface area (Å²) >= 11 is 6.01. The lowest BCUT2D eigenvalue weighted by Crippen LogP contribution is -2.03. The van der Waals surface area contributed by atoms with Crippen molar-refractivity contribution in [1.29, 1.82) is 0 Å². The molecule has 3 rings (SSSR count). The van der Waals surface area contributed by atoms with E-state index in [0.29, 0.717) is 11.1 Å². The van der Waals surface area contributed by atoms with Gasteiger partial charge in [0.05, 0.1) is 0 Å². The molecule has 0 aliphatic rings. The van der Waals surface area contributed by atoms with E-state index in [-0.39, 0.29) is 0 Å². The third-order valence-electron chi connectivity index (χ3n) is 2.37. The maximum absolute atomic E-state index is 6.01. The number of halogens is 1. The summed E-state index contributed by atoms with van der Waals surface area (Å²) in [6, 6.07) is 9.43. The monoisotopic (exact) mass is 244 g/mol. The number of nitrogens with zero attached hydrogens (tertiary/aromatic N) is 4. The molecular formula is C12H9ClN4. The van der Waals surface area contributed by atoms with E-state index in [1.165, 1.54) is 0 Å². The highest BCUT2D eigenvalue weighted by molar-refractivity contribution is 6.29. The van der Waals surface area contributed by atoms with Crippen LogP contribution in [0.25, 0.3) is 11.8 Å². The SMILES string of the molecule is Clc1cc(-n2cccc2)nc(-n2cccc2)n1. The first-order valence-corrected chi connectivity index (χ1v) is 5.52. The Hall–Kier alpha value is -2.07. The van der Waals surface area contributed by atoms with Gasteiger partial charge in [0.2, 0.25) is 5.95 Å². The molecular weight excluding hydrogens is 236 g/mol. The second-order valence-electron chi connectivity index (χ2n) is 3.53. The van der Waals surface area contributed by atoms with Gasteiger partial charge >= 0.3 is 0 Å². The molecule has 0 radical (unpaired) electrons. The Balaban J connectivity index is 2.13. The van der Waals surface area contributed by atoms with E-state index in [9.17, 15) is 0 Å². The van der Waals surface area contributed by atoms with Crippen molar-refractivity contribution in [2.75, 3.05) is 0 Å². The first-order valence-electron chi connectivity index (χ1n) is 5.14. The van der Waals surface area contributed by atoms with Gasteiger partial charge in [-0.1, -0.05) is 11.6 Å². The Kier molecular flexibility index (Phi) is 2.42. The molecule has 0 N–H and O–H groups in total. The zero-order valence-corrected chi connectivity index (χ0v) is 9.62. The van der Waals surface area contributed by atoms with Crippen molar-refractivity contribution in [3.8, 4) is 11.8 Å². The van der Waals surface area contributed by atoms with Crippen LogP contribution in [0.5, 0.6) is 0 Å². The molecule has 0 unspecified atom stereocenters. The van der Waals surface area contributed by atoms with Crippen LogP contribution in [0.3, 0.4) is 0 Å². The highest BCUT2D eigenvalue weighted by Crippen LogP contribution is 2.14. The molecule has 3 aromatic rings. The van der Waals surface area contributed by atoms with Crippen molar-refractivity contribution in [1.82, 2.24) is 19.1 Å². The second-order valence-corrected chi connectivity index (χ2v) is 3.92. The van der Waals surface area contributed by atoms with Gasteiger partial charge < -0.3 is 4.57 Å². The molecule has 0 saturated heterocycles. The summed E-state index contributed by atoms with van der Waals surface area (Å²) in [6.45, 7) is 0. The summed E-state index contributed by atoms with van der Waals surface area (Å²) in [5, 5.41) is 0.424. The van der Waals surface area contributed by atoms with Crippen molar-refractivity contribution < 1.29 is 0 Å². The van der Waals surface area contributed by atoms with Crippen LogP contribution in [0.15, 0.2) is 55.1 Å². The average Bonchev–Trinajstić information content (AvgIpc) is 3.02. The van der Waals surface area contributed by atoms with Crippen LogP contribution >= 0.6 is 11.6 Å². The van der Waals surface area contributed by atoms with E-state index in [1.807, 2.05) is 58.2 Å². The van der Waals surface area contributed by atoms with Crippen LogP contribution in [0.2, 0.25) is 5.15 Å². The molecule has 3 aromatic heterocycles. The van der Waals surface area contributed by atoms with E-state index in [1.54, 1.807) is 6.07 Å². The summed E-state index contributed by atoms with van der Waals surface area (Å²) in [6.07, 6.45) is 7.59. The first-order chi connectivity index (χ1) is 8.33. The summed E-state index contributed by atoms with van der Waals surface area (Å²) < 4.78 is 3.71. The van der Waals surface area contributed by atoms with E-state index < -0.39 is 0 Å². The lowest BCUT2D eigenvalue weighted by molar-refractivity contribution is 0.895. The molecule has 0 amide bonds. The molecule has 0 bridgehead atoms. The van der Waals surface area contributed by atoms with Crippen LogP contribution in [-0.2, 0) is 0 Å². The minimum Gasteiger partial charge on any atom is -0.308 e. The van der Waals surface area contributed by atoms with Gasteiger partial charge in [0, 0.05) is 30.9 Å². The third kappa shape index (κ3) is 1.94. The van der Waals surface area contributed by atoms with Gasteiger partial charge in [-0.3, -0.25) is 4.57 Å². The van der Waals surface area contributed by atoms with Crippen molar-refractivity contribution in [2.24, 2.45) is 0 Å². The number of rotatable bonds is 2. The lowest BCUT2D eigenvalue weighted by Gasteiger charge is -2.06. The van der Waals surface area contributed by atoms with Crippen molar-refractivity contribution in [2.45, 2.75) is 0 Å². The summed E-state index contributed by atoms with van der Waals surface area (Å²) in [4.78, 5) is 8.64. The minimum absolute atomic E-state index is 0.424. The molecule has 3 heterocycles. The summed E-state index contributed by atoms with van der Waals surface area (Å²) in [5.74, 6) is 1.31. The molecule has 0 saturated carbocycles. The van der Waals surface area contributed by atoms with Crippen LogP contribution in [0, 0.1) is 0 Å². The molecule has 0 aliphatic heterocycles.